The number of carbonyl (C=O) groups excluding carboxylic acids is 1. The van der Waals surface area contributed by atoms with Gasteiger partial charge in [-0.05, 0) is 56.3 Å². The number of ether oxygens (including phenoxy) is 1. The lowest BCUT2D eigenvalue weighted by Gasteiger charge is -2.60. The van der Waals surface area contributed by atoms with Gasteiger partial charge in [0, 0.05) is 78.6 Å². The largest absolute Gasteiger partial charge is 0.467 e. The van der Waals surface area contributed by atoms with Crippen molar-refractivity contribution in [1.29, 1.82) is 0 Å². The number of hydrogen-bond donors (Lipinski definition) is 0. The number of likely N-dealkylation sites (tertiary alicyclic amines) is 1. The van der Waals surface area contributed by atoms with Gasteiger partial charge >= 0.3 is 6.01 Å². The Hall–Kier alpha value is -4.81. The normalized spacial score (nSPS) is 20.7. The van der Waals surface area contributed by atoms with Crippen LogP contribution in [-0.2, 0) is 4.79 Å². The quantitative estimate of drug-likeness (QED) is 0.195. The monoisotopic (exact) mass is 710 g/mol. The van der Waals surface area contributed by atoms with Crippen LogP contribution in [0, 0.1) is 18.2 Å². The van der Waals surface area contributed by atoms with E-state index < -0.39 is 12.0 Å². The van der Waals surface area contributed by atoms with Crippen LogP contribution in [0.5, 0.6) is 6.01 Å². The van der Waals surface area contributed by atoms with E-state index in [0.29, 0.717) is 72.1 Å². The zero-order valence-electron chi connectivity index (χ0n) is 28.4. The van der Waals surface area contributed by atoms with E-state index in [-0.39, 0.29) is 28.5 Å². The maximum atomic E-state index is 16.2. The molecule has 0 aliphatic carbocycles. The number of carbonyl (C=O) groups is 1. The molecule has 4 fully saturated rings. The van der Waals surface area contributed by atoms with Crippen LogP contribution in [0.4, 0.5) is 14.6 Å². The predicted molar refractivity (Wildman–Crippen MR) is 193 cm³/mol. The van der Waals surface area contributed by atoms with Crippen molar-refractivity contribution in [1.82, 2.24) is 34.7 Å². The van der Waals surface area contributed by atoms with Crippen molar-refractivity contribution < 1.29 is 18.3 Å². The van der Waals surface area contributed by atoms with E-state index in [2.05, 4.69) is 34.7 Å². The van der Waals surface area contributed by atoms with Crippen molar-refractivity contribution in [2.45, 2.75) is 38.4 Å². The number of fused-ring (bicyclic) bond motifs is 3. The van der Waals surface area contributed by atoms with Crippen LogP contribution in [-0.4, -0.2) is 99.2 Å². The van der Waals surface area contributed by atoms with Crippen molar-refractivity contribution in [3.8, 4) is 17.3 Å². The Labute approximate surface area is 299 Å². The minimum absolute atomic E-state index is 0.0366. The van der Waals surface area contributed by atoms with Crippen LogP contribution in [0.1, 0.15) is 30.8 Å². The van der Waals surface area contributed by atoms with Crippen LogP contribution in [0.25, 0.3) is 39.0 Å². The molecule has 9 rings (SSSR count). The molecule has 13 heteroatoms. The lowest BCUT2D eigenvalue weighted by molar-refractivity contribution is -0.139. The summed E-state index contributed by atoms with van der Waals surface area (Å²) in [5.74, 6) is 0.584. The number of aryl methyl sites for hydroxylation is 1. The number of hydrogen-bond acceptors (Lipinski definition) is 9. The summed E-state index contributed by atoms with van der Waals surface area (Å²) in [6.45, 7) is 6.27. The molecule has 2 unspecified atom stereocenters. The Morgan fingerprint density at radius 2 is 1.86 bits per heavy atom. The molecule has 0 N–H and O–H groups in total. The summed E-state index contributed by atoms with van der Waals surface area (Å²) in [6, 6.07) is 13.6. The van der Waals surface area contributed by atoms with E-state index in [1.165, 1.54) is 20.0 Å². The molecule has 2 aromatic carbocycles. The number of anilines is 1. The van der Waals surface area contributed by atoms with Crippen molar-refractivity contribution >= 4 is 51.1 Å². The van der Waals surface area contributed by atoms with Gasteiger partial charge in [-0.25, -0.2) is 18.7 Å². The molecular formula is C38H37ClF2N8O2. The molecule has 1 spiro atoms. The van der Waals surface area contributed by atoms with Gasteiger partial charge in [0.2, 0.25) is 5.91 Å². The topological polar surface area (TPSA) is 100 Å². The molecule has 4 aliphatic heterocycles. The minimum atomic E-state index is -0.566. The van der Waals surface area contributed by atoms with Gasteiger partial charge in [0.15, 0.2) is 5.82 Å². The third-order valence-electron chi connectivity index (χ3n) is 10.3. The number of benzene rings is 2. The van der Waals surface area contributed by atoms with E-state index in [1.54, 1.807) is 42.7 Å². The van der Waals surface area contributed by atoms with Gasteiger partial charge in [-0.1, -0.05) is 41.9 Å². The number of alkyl halides is 1. The Bertz CT molecular complexity index is 2150. The number of halogens is 3. The maximum absolute atomic E-state index is 16.2. The van der Waals surface area contributed by atoms with Gasteiger partial charge in [0.05, 0.1) is 18.2 Å². The first-order valence-electron chi connectivity index (χ1n) is 17.2. The Balaban J connectivity index is 0.000000359. The first-order valence-corrected chi connectivity index (χ1v) is 17.6. The molecule has 4 aliphatic rings. The summed E-state index contributed by atoms with van der Waals surface area (Å²) in [5.41, 5.74) is 1.53. The summed E-state index contributed by atoms with van der Waals surface area (Å²) in [7, 11) is 1.46. The summed E-state index contributed by atoms with van der Waals surface area (Å²) in [4.78, 5) is 40.7. The number of rotatable bonds is 5. The molecule has 51 heavy (non-hydrogen) atoms. The highest BCUT2D eigenvalue weighted by molar-refractivity contribution is 6.36. The van der Waals surface area contributed by atoms with E-state index >= 15 is 4.39 Å². The second-order valence-corrected chi connectivity index (χ2v) is 14.3. The Morgan fingerprint density at radius 1 is 1.06 bits per heavy atom. The average Bonchev–Trinajstić information content (AvgIpc) is 3.67. The van der Waals surface area contributed by atoms with Crippen LogP contribution >= 0.6 is 11.6 Å². The molecule has 0 radical (unpaired) electrons. The number of methoxy groups -OCH3 is 1. The van der Waals surface area contributed by atoms with Gasteiger partial charge in [0.25, 0.3) is 0 Å². The molecular weight excluding hydrogens is 674 g/mol. The average molecular weight is 711 g/mol. The van der Waals surface area contributed by atoms with E-state index in [9.17, 15) is 9.18 Å². The lowest BCUT2D eigenvalue weighted by atomic mass is 9.72. The van der Waals surface area contributed by atoms with E-state index in [4.69, 9.17) is 16.3 Å². The smallest absolute Gasteiger partial charge is 0.318 e. The molecule has 3 aromatic heterocycles. The van der Waals surface area contributed by atoms with Crippen LogP contribution in [0.2, 0.25) is 5.02 Å². The summed E-state index contributed by atoms with van der Waals surface area (Å²) in [5, 5.41) is 2.63. The zero-order chi connectivity index (χ0) is 35.3. The number of nitrogens with zero attached hydrogens (tertiary/aromatic N) is 8. The standard InChI is InChI=1S/C31H25ClFN7O2.C7H12FN/c1-18-34-12-11-20(36-18)9-10-24(41)39-14-31(15-39)16-40(17-31)29-22-13-35-27(26(33)28(22)37-30(38-29)42-2)21-7-3-5-19-6-4-8-23(32)25(19)21;8-6-4-7-2-1-3-9(7)5-6/h3-13H,14-17H2,1-2H3;6-7H,1-5H2/b10-9+;. The van der Waals surface area contributed by atoms with Crippen molar-refractivity contribution in [2.24, 2.45) is 5.41 Å². The van der Waals surface area contributed by atoms with Gasteiger partial charge in [0.1, 0.15) is 29.0 Å². The van der Waals surface area contributed by atoms with E-state index in [1.807, 2.05) is 36.1 Å². The van der Waals surface area contributed by atoms with Crippen LogP contribution < -0.4 is 9.64 Å². The SMILES string of the molecule is COc1nc(N2CC3(CN(C(=O)/C=C/c4ccnc(C)n4)C3)C2)c2cnc(-c3cccc4cccc(Cl)c34)c(F)c2n1.FC1CC2CCCN2C1. The zero-order valence-corrected chi connectivity index (χ0v) is 29.2. The second kappa shape index (κ2) is 13.4. The first kappa shape index (κ1) is 33.3. The van der Waals surface area contributed by atoms with Gasteiger partial charge in [-0.2, -0.15) is 9.97 Å². The number of pyridine rings is 1. The highest BCUT2D eigenvalue weighted by Gasteiger charge is 2.53. The lowest BCUT2D eigenvalue weighted by Crippen LogP contribution is -2.73. The molecule has 1 amide bonds. The molecule has 0 saturated carbocycles. The van der Waals surface area contributed by atoms with E-state index in [0.717, 1.165) is 23.7 Å². The fraction of sp³-hybridized carbons (Fsp3) is 0.368. The molecule has 7 heterocycles. The highest BCUT2D eigenvalue weighted by atomic mass is 35.5. The number of amides is 1. The van der Waals surface area contributed by atoms with Crippen molar-refractivity contribution in [2.75, 3.05) is 51.3 Å². The van der Waals surface area contributed by atoms with Crippen LogP contribution in [0.3, 0.4) is 0 Å². The summed E-state index contributed by atoms with van der Waals surface area (Å²) < 4.78 is 34.1. The maximum Gasteiger partial charge on any atom is 0.318 e. The van der Waals surface area contributed by atoms with Crippen LogP contribution in [0.15, 0.2) is 60.9 Å². The predicted octanol–water partition coefficient (Wildman–Crippen LogP) is 6.30. The Kier molecular flexibility index (Phi) is 8.75. The fourth-order valence-corrected chi connectivity index (χ4v) is 8.21. The van der Waals surface area contributed by atoms with Crippen molar-refractivity contribution in [3.63, 3.8) is 0 Å². The third-order valence-corrected chi connectivity index (χ3v) is 10.6. The highest BCUT2D eigenvalue weighted by Crippen LogP contribution is 2.44. The Morgan fingerprint density at radius 3 is 2.63 bits per heavy atom. The molecule has 10 nitrogen and oxygen atoms in total. The molecule has 5 aromatic rings. The first-order chi connectivity index (χ1) is 24.7. The second-order valence-electron chi connectivity index (χ2n) is 13.9. The molecule has 4 saturated heterocycles. The fourth-order valence-electron chi connectivity index (χ4n) is 7.92. The summed E-state index contributed by atoms with van der Waals surface area (Å²) in [6.07, 6.45) is 9.34. The molecule has 0 bridgehead atoms. The van der Waals surface area contributed by atoms with Gasteiger partial charge in [-0.3, -0.25) is 14.7 Å². The summed E-state index contributed by atoms with van der Waals surface area (Å²) >= 11 is 6.51. The molecule has 262 valence electrons. The molecule has 2 atom stereocenters. The minimum Gasteiger partial charge on any atom is -0.467 e. The van der Waals surface area contributed by atoms with Gasteiger partial charge in [-0.15, -0.1) is 0 Å². The third kappa shape index (κ3) is 6.35. The number of aromatic nitrogens is 5. The van der Waals surface area contributed by atoms with Crippen molar-refractivity contribution in [3.05, 3.63) is 83.3 Å². The van der Waals surface area contributed by atoms with Gasteiger partial charge < -0.3 is 14.5 Å².